The quantitative estimate of drug-likeness (QED) is 0.0179. The second kappa shape index (κ2) is 53.4. The van der Waals surface area contributed by atoms with Crippen LogP contribution in [0.4, 0.5) is 14.4 Å². The summed E-state index contributed by atoms with van der Waals surface area (Å²) in [7, 11) is -13.2. The van der Waals surface area contributed by atoms with E-state index in [1.54, 1.807) is 131 Å². The number of carboxylic acids is 2. The minimum Gasteiger partial charge on any atom is -0.756 e. The Labute approximate surface area is 656 Å². The van der Waals surface area contributed by atoms with Crippen molar-refractivity contribution in [2.24, 2.45) is 0 Å². The molecule has 2 rings (SSSR count). The Bertz CT molecular complexity index is 3120. The fourth-order valence-corrected chi connectivity index (χ4v) is 8.86. The van der Waals surface area contributed by atoms with Crippen LogP contribution in [0.1, 0.15) is 152 Å². The Kier molecular flexibility index (Phi) is 56.1. The molecule has 622 valence electrons. The van der Waals surface area contributed by atoms with Crippen molar-refractivity contribution >= 4 is 102 Å². The van der Waals surface area contributed by atoms with Gasteiger partial charge in [0.25, 0.3) is 15.6 Å². The second-order valence-electron chi connectivity index (χ2n) is 27.2. The number of esters is 5. The molecule has 2 aliphatic heterocycles. The van der Waals surface area contributed by atoms with E-state index in [0.717, 1.165) is 0 Å². The van der Waals surface area contributed by atoms with Crippen LogP contribution in [0, 0.1) is 11.3 Å². The van der Waals surface area contributed by atoms with Gasteiger partial charge >= 0.3 is 92.5 Å². The molecule has 0 saturated carbocycles. The normalized spacial score (nSPS) is 15.6. The maximum Gasteiger partial charge on any atom is 1.00 e. The van der Waals surface area contributed by atoms with Crippen molar-refractivity contribution in [3.05, 3.63) is 36.5 Å². The number of carboxylic acid groups (broad SMARTS) is 2. The molecule has 0 aromatic heterocycles. The van der Waals surface area contributed by atoms with Crippen LogP contribution in [-0.4, -0.2) is 202 Å². The molecule has 41 nitrogen and oxygen atoms in total. The van der Waals surface area contributed by atoms with E-state index >= 15 is 0 Å². The van der Waals surface area contributed by atoms with Crippen LogP contribution in [0.2, 0.25) is 0 Å². The molecule has 2 heterocycles. The molecule has 2 aliphatic rings. The van der Waals surface area contributed by atoms with Crippen molar-refractivity contribution in [1.82, 2.24) is 16.0 Å². The number of phosphoric ester groups is 3. The Morgan fingerprint density at radius 1 is 0.519 bits per heavy atom. The number of hydrogen-bond donors (Lipinski definition) is 5. The first-order valence-corrected chi connectivity index (χ1v) is 38.4. The molecular formula is C61H107ClN5NaO36P4-2. The van der Waals surface area contributed by atoms with E-state index < -0.39 is 188 Å². The third-order valence-electron chi connectivity index (χ3n) is 9.23. The van der Waals surface area contributed by atoms with E-state index in [1.165, 1.54) is 27.7 Å². The van der Waals surface area contributed by atoms with E-state index in [2.05, 4.69) is 78.0 Å². The van der Waals surface area contributed by atoms with Crippen LogP contribution in [0.3, 0.4) is 0 Å². The standard InChI is InChI=1S/C18H32NO10P.C14H26NO8P.C12H23NO5.C9H16NO8P.C4H6O2.C2H4ClO3P.C2H3N.Na/c1-12(2)14(20)25-9-10-26-30(23,24)27-11-13(15(21)28-17(3,4)5)19-16(22)29-18(6,7)8;1-13(2,3)22-11(16)10(15-12(17)23-14(4,5)6)9-21-24(18)19-7-8-20-24;1-11(2,3)17-9(15)8(7-14)13-10(16)18-12(4,5)6;1-6(2)9(13)16-3-4-17-19(14,15)18-5-7(10)8(11)12;1-3(2)4(5)6;3-7(4)5-1-2-6-7;1-2-3;/h13H,1,9-11H2,2-8H3,(H,19,22)(H,23,24);10H,7-9H2,1-6H3,(H,15,17);8,14H,7H2,1-6H3,(H,13,16);7H,1,3-5,10H2,2H3,(H,11,12)(H,14,15);1H2,2H3,(H,5,6);1-2H2;1H3;/q;;;;;;;+1/p-3. The van der Waals surface area contributed by atoms with Gasteiger partial charge < -0.3 is 112 Å². The number of alkyl carbamates (subject to hydrolysis) is 3. The van der Waals surface area contributed by atoms with E-state index in [9.17, 15) is 86.2 Å². The number of aliphatic carboxylic acids is 2. The summed E-state index contributed by atoms with van der Waals surface area (Å²) in [4.78, 5) is 136. The van der Waals surface area contributed by atoms with Crippen LogP contribution in [0.5, 0.6) is 0 Å². The molecule has 0 aromatic carbocycles. The number of aliphatic hydroxyl groups is 1. The summed E-state index contributed by atoms with van der Waals surface area (Å²) in [5.74, 6) is -6.49. The molecular weight excluding hydrogens is 1560 g/mol. The fraction of sp³-hybridized carbons (Fsp3) is 0.721. The summed E-state index contributed by atoms with van der Waals surface area (Å²) in [6, 6.07) is -3.42. The average Bonchev–Trinajstić information content (AvgIpc) is 1.39. The molecule has 0 aromatic rings. The zero-order valence-electron chi connectivity index (χ0n) is 65.5. The van der Waals surface area contributed by atoms with Crippen molar-refractivity contribution < 1.29 is 205 Å². The molecule has 6 atom stereocenters. The third-order valence-corrected chi connectivity index (χ3v) is 14.2. The molecule has 47 heteroatoms. The molecule has 0 aliphatic carbocycles. The predicted octanol–water partition coefficient (Wildman–Crippen LogP) is 0.643. The summed E-state index contributed by atoms with van der Waals surface area (Å²) in [6.45, 7) is 39.2. The van der Waals surface area contributed by atoms with Gasteiger partial charge in [-0.3, -0.25) is 31.7 Å². The molecule has 3 amide bonds. The van der Waals surface area contributed by atoms with E-state index in [4.69, 9.17) is 63.6 Å². The molecule has 2 saturated heterocycles. The largest absolute Gasteiger partial charge is 1.00 e. The number of nitrogens with zero attached hydrogens (tertiary/aromatic N) is 1. The molecule has 0 spiro atoms. The molecule has 0 bridgehead atoms. The van der Waals surface area contributed by atoms with Gasteiger partial charge in [0.05, 0.1) is 71.5 Å². The molecule has 0 radical (unpaired) electrons. The Balaban J connectivity index is -0.000000302. The number of carbonyl (C=O) groups excluding carboxylic acids is 10. The fourth-order valence-electron chi connectivity index (χ4n) is 5.19. The van der Waals surface area contributed by atoms with E-state index in [0.29, 0.717) is 13.2 Å². The minimum atomic E-state index is -4.87. The van der Waals surface area contributed by atoms with Crippen LogP contribution >= 0.6 is 41.7 Å². The number of hydrogen-bond acceptors (Lipinski definition) is 37. The Morgan fingerprint density at radius 2 is 0.787 bits per heavy atom. The van der Waals surface area contributed by atoms with Gasteiger partial charge in [-0.05, 0) is 151 Å². The van der Waals surface area contributed by atoms with Gasteiger partial charge in [0.2, 0.25) is 0 Å². The number of nitriles is 1. The van der Waals surface area contributed by atoms with E-state index in [1.807, 2.05) is 0 Å². The zero-order valence-corrected chi connectivity index (χ0v) is 71.8. The Hall–Kier alpha value is -5.50. The Morgan fingerprint density at radius 3 is 1.04 bits per heavy atom. The minimum absolute atomic E-state index is 0. The smallest absolute Gasteiger partial charge is 0.756 e. The van der Waals surface area contributed by atoms with Gasteiger partial charge in [-0.1, -0.05) is 19.7 Å². The predicted molar refractivity (Wildman–Crippen MR) is 368 cm³/mol. The van der Waals surface area contributed by atoms with Crippen LogP contribution < -0.4 is 71.2 Å². The average molecular weight is 1670 g/mol. The van der Waals surface area contributed by atoms with Crippen molar-refractivity contribution in [2.75, 3.05) is 79.3 Å². The monoisotopic (exact) mass is 1670 g/mol. The summed E-state index contributed by atoms with van der Waals surface area (Å²) in [5, 5.41) is 43.0. The number of halogens is 1. The van der Waals surface area contributed by atoms with E-state index in [-0.39, 0.29) is 72.7 Å². The third kappa shape index (κ3) is 70.9. The second-order valence-corrected chi connectivity index (χ2v) is 34.3. The maximum absolute atomic E-state index is 12.3. The first-order chi connectivity index (χ1) is 48.1. The number of nitrogens with one attached hydrogen (secondary N) is 3. The number of carbonyl (C=O) groups is 10. The number of ether oxygens (including phenoxy) is 8. The first kappa shape index (κ1) is 113. The number of amides is 3. The van der Waals surface area contributed by atoms with Crippen molar-refractivity contribution in [2.45, 2.75) is 210 Å². The van der Waals surface area contributed by atoms with Gasteiger partial charge in [-0.25, -0.2) is 47.5 Å². The van der Waals surface area contributed by atoms with Crippen molar-refractivity contribution in [3.8, 4) is 6.07 Å². The molecule has 108 heavy (non-hydrogen) atoms. The topological polar surface area (TPSA) is 596 Å². The molecule has 7 N–H and O–H groups in total. The molecule has 2 fully saturated rings. The van der Waals surface area contributed by atoms with Crippen LogP contribution in [0.15, 0.2) is 36.5 Å². The zero-order chi connectivity index (χ0) is 85.1. The van der Waals surface area contributed by atoms with Gasteiger partial charge in [0.1, 0.15) is 65.4 Å². The SMILES string of the molecule is C=C(C)C(=O)OCCOP(=O)([O-])OCC(NC(=O)OC(C)(C)C)C(=O)OC(C)(C)C.C=C(C)C(=O)OCCOP(=O)([O-])OCC([NH3+])C(=O)[O-].C=C(C)C(=O)[O-].CC#N.CC(C)(C)OC(=O)NC(CO)C(=O)OC(C)(C)C.CC(C)(C)OC(=O)NC(COP1(=O)OCCO1)C(=O)OC(C)(C)C.O=P1(Cl)OCCO1.[Na+]. The summed E-state index contributed by atoms with van der Waals surface area (Å²) < 4.78 is 127. The van der Waals surface area contributed by atoms with Crippen molar-refractivity contribution in [1.29, 1.82) is 5.26 Å². The van der Waals surface area contributed by atoms with Crippen LogP contribution in [-0.2, 0) is 130 Å². The number of phosphoric acid groups is 3. The van der Waals surface area contributed by atoms with Gasteiger partial charge in [0.15, 0.2) is 18.1 Å². The number of rotatable bonds is 28. The first-order valence-electron chi connectivity index (χ1n) is 31.6. The van der Waals surface area contributed by atoms with Gasteiger partial charge in [0, 0.05) is 29.3 Å². The van der Waals surface area contributed by atoms with Gasteiger partial charge in [-0.15, -0.1) is 0 Å². The van der Waals surface area contributed by atoms with Crippen LogP contribution in [0.25, 0.3) is 0 Å². The summed E-state index contributed by atoms with van der Waals surface area (Å²) in [6.07, 6.45) is -2.56. The number of aliphatic hydroxyl groups excluding tert-OH is 1. The number of quaternary nitrogens is 1. The summed E-state index contributed by atoms with van der Waals surface area (Å²) in [5.41, 5.74) is -1.13. The van der Waals surface area contributed by atoms with Crippen molar-refractivity contribution in [3.63, 3.8) is 0 Å². The van der Waals surface area contributed by atoms with Gasteiger partial charge in [-0.2, -0.15) is 5.26 Å². The molecule has 6 unspecified atom stereocenters. The maximum atomic E-state index is 12.3. The summed E-state index contributed by atoms with van der Waals surface area (Å²) >= 11 is 5.08.